The van der Waals surface area contributed by atoms with Crippen molar-refractivity contribution in [1.82, 2.24) is 0 Å². The minimum atomic E-state index is -3.63. The van der Waals surface area contributed by atoms with E-state index < -0.39 is 7.60 Å². The zero-order chi connectivity index (χ0) is 5.91. The first-order chi connectivity index (χ1) is 3.06. The van der Waals surface area contributed by atoms with Gasteiger partial charge in [0.2, 0.25) is 0 Å². The Kier molecular flexibility index (Phi) is 6.47. The second kappa shape index (κ2) is 4.52. The Hall–Kier alpha value is 0.653. The summed E-state index contributed by atoms with van der Waals surface area (Å²) >= 11 is 0.963. The van der Waals surface area contributed by atoms with Crippen molar-refractivity contribution in [2.75, 3.05) is 6.16 Å². The fourth-order valence-corrected chi connectivity index (χ4v) is 3.21. The number of hydrogen-bond acceptors (Lipinski definition) is 1. The van der Waals surface area contributed by atoms with Gasteiger partial charge in [-0.15, -0.1) is 0 Å². The molecule has 0 saturated heterocycles. The van der Waals surface area contributed by atoms with Crippen LogP contribution >= 0.6 is 7.60 Å². The van der Waals surface area contributed by atoms with Crippen LogP contribution in [0.1, 0.15) is 0 Å². The fourth-order valence-electron chi connectivity index (χ4n) is 0.206. The van der Waals surface area contributed by atoms with E-state index >= 15 is 0 Å². The van der Waals surface area contributed by atoms with Gasteiger partial charge in [-0.3, -0.25) is 0 Å². The molecule has 0 aromatic carbocycles. The van der Waals surface area contributed by atoms with Crippen LogP contribution in [0.2, 0.25) is 5.25 Å². The molecule has 0 unspecified atom stereocenters. The quantitative estimate of drug-likeness (QED) is 0.416. The minimum absolute atomic E-state index is 0. The summed E-state index contributed by atoms with van der Waals surface area (Å²) in [6, 6.07) is 0. The third-order valence-corrected chi connectivity index (χ3v) is 3.34. The average molecular weight is 202 g/mol. The Morgan fingerprint density at radius 3 is 1.88 bits per heavy atom. The van der Waals surface area contributed by atoms with Crippen LogP contribution in [0, 0.1) is 0 Å². The third-order valence-electron chi connectivity index (χ3n) is 0.449. The average Bonchev–Trinajstić information content (AvgIpc) is 1.30. The van der Waals surface area contributed by atoms with Gasteiger partial charge >= 0.3 is 49.9 Å². The Labute approximate surface area is 56.0 Å². The summed E-state index contributed by atoms with van der Waals surface area (Å²) in [5, 5.41) is 0.671. The first-order valence-corrected chi connectivity index (χ1v) is 5.79. The van der Waals surface area contributed by atoms with Crippen molar-refractivity contribution in [1.29, 1.82) is 0 Å². The van der Waals surface area contributed by atoms with E-state index in [1.807, 2.05) is 0 Å². The molecule has 4 nitrogen and oxygen atoms in total. The summed E-state index contributed by atoms with van der Waals surface area (Å²) in [7, 11) is -3.63. The van der Waals surface area contributed by atoms with Crippen LogP contribution < -0.4 is 0 Å². The molecule has 0 fully saturated rings. The molecule has 0 rings (SSSR count). The molecule has 0 aliphatic heterocycles. The van der Waals surface area contributed by atoms with E-state index in [4.69, 9.17) is 9.79 Å². The Morgan fingerprint density at radius 2 is 1.88 bits per heavy atom. The van der Waals surface area contributed by atoms with Crippen LogP contribution in [-0.2, 0) is 4.57 Å². The molecule has 8 heavy (non-hydrogen) atoms. The summed E-state index contributed by atoms with van der Waals surface area (Å²) in [6.45, 7) is 0. The van der Waals surface area contributed by atoms with E-state index in [-0.39, 0.29) is 11.6 Å². The first-order valence-electron chi connectivity index (χ1n) is 1.90. The maximum absolute atomic E-state index is 9.95. The molecule has 0 aliphatic rings. The number of hydrogen-bond donors (Lipinski definition) is 2. The molecule has 51 valence electrons. The summed E-state index contributed by atoms with van der Waals surface area (Å²) in [6.07, 6.45) is 0.0625. The molecule has 0 spiro atoms. The van der Waals surface area contributed by atoms with Crippen molar-refractivity contribution in [3.8, 4) is 0 Å². The van der Waals surface area contributed by atoms with E-state index in [0.29, 0.717) is 5.25 Å². The van der Waals surface area contributed by atoms with Crippen LogP contribution in [0.3, 0.4) is 0 Å². The van der Waals surface area contributed by atoms with E-state index in [1.54, 1.807) is 0 Å². The van der Waals surface area contributed by atoms with Crippen LogP contribution in [0.4, 0.5) is 0 Å². The van der Waals surface area contributed by atoms with E-state index in [2.05, 4.69) is 0 Å². The molecular weight excluding hydrogens is 192 g/mol. The summed E-state index contributed by atoms with van der Waals surface area (Å²) in [4.78, 5) is 16.3. The molecule has 6 heteroatoms. The maximum atomic E-state index is 9.95. The van der Waals surface area contributed by atoms with Gasteiger partial charge in [0.15, 0.2) is 0 Å². The summed E-state index contributed by atoms with van der Waals surface area (Å²) < 4.78 is 9.95. The van der Waals surface area contributed by atoms with Crippen molar-refractivity contribution in [3.63, 3.8) is 0 Å². The van der Waals surface area contributed by atoms with Crippen LogP contribution in [0.15, 0.2) is 0 Å². The predicted octanol–water partition coefficient (Wildman–Crippen LogP) is -1.61. The van der Waals surface area contributed by atoms with E-state index in [1.165, 1.54) is 0 Å². The third kappa shape index (κ3) is 9.82. The predicted molar refractivity (Wildman–Crippen MR) is 33.9 cm³/mol. The van der Waals surface area contributed by atoms with Gasteiger partial charge in [-0.2, -0.15) is 0 Å². The Morgan fingerprint density at radius 1 is 1.50 bits per heavy atom. The molecule has 0 aromatic heterocycles. The van der Waals surface area contributed by atoms with Crippen molar-refractivity contribution in [2.45, 2.75) is 5.25 Å². The Bertz CT molecular complexity index is 88.0. The molecule has 0 atom stereocenters. The van der Waals surface area contributed by atoms with Crippen LogP contribution in [0.25, 0.3) is 0 Å². The number of rotatable bonds is 2. The van der Waals surface area contributed by atoms with Gasteiger partial charge in [-0.25, -0.2) is 0 Å². The van der Waals surface area contributed by atoms with Gasteiger partial charge in [-0.1, -0.05) is 0 Å². The molecule has 0 saturated carbocycles. The van der Waals surface area contributed by atoms with Gasteiger partial charge in [0.1, 0.15) is 0 Å². The van der Waals surface area contributed by atoms with Crippen molar-refractivity contribution in [2.24, 2.45) is 0 Å². The van der Waals surface area contributed by atoms with Gasteiger partial charge < -0.3 is 5.48 Å². The van der Waals surface area contributed by atoms with Gasteiger partial charge in [0.05, 0.1) is 0 Å². The molecule has 0 aromatic rings. The van der Waals surface area contributed by atoms with E-state index in [0.717, 1.165) is 16.5 Å². The molecule has 0 aliphatic carbocycles. The molecule has 0 bridgehead atoms. The molecule has 1 radical (unpaired) electrons. The SMILES string of the molecule is O.O=P(O)(O)C[CH2][GeH2]. The molecule has 4 N–H and O–H groups in total. The van der Waals surface area contributed by atoms with Crippen molar-refractivity contribution >= 4 is 24.1 Å². The zero-order valence-corrected chi connectivity index (χ0v) is 8.23. The fraction of sp³-hybridized carbons (Fsp3) is 1.00. The van der Waals surface area contributed by atoms with Gasteiger partial charge in [0, 0.05) is 0 Å². The summed E-state index contributed by atoms with van der Waals surface area (Å²) in [5.41, 5.74) is 0. The first kappa shape index (κ1) is 11.4. The van der Waals surface area contributed by atoms with Crippen molar-refractivity contribution in [3.05, 3.63) is 0 Å². The second-order valence-electron chi connectivity index (χ2n) is 1.24. The monoisotopic (exact) mass is 203 g/mol. The topological polar surface area (TPSA) is 89.0 Å². The normalized spacial score (nSPS) is 10.4. The zero-order valence-electron chi connectivity index (χ0n) is 4.37. The van der Waals surface area contributed by atoms with Crippen LogP contribution in [-0.4, -0.2) is 37.9 Å². The molecule has 0 heterocycles. The molecular formula is C2H10GeO4P. The standard InChI is InChI=1S/C2H8GeO3P.H2O/c3-1-2-7(4,5)6;/h1-3H2,(H2,4,5,6);1H2. The second-order valence-corrected chi connectivity index (χ2v) is 4.50. The Balaban J connectivity index is 0. The van der Waals surface area contributed by atoms with Gasteiger partial charge in [-0.05, 0) is 0 Å². The molecule has 0 amide bonds. The van der Waals surface area contributed by atoms with Crippen molar-refractivity contribution < 1.29 is 19.8 Å². The van der Waals surface area contributed by atoms with Crippen LogP contribution in [0.5, 0.6) is 0 Å². The van der Waals surface area contributed by atoms with Gasteiger partial charge in [0.25, 0.3) is 0 Å². The summed E-state index contributed by atoms with van der Waals surface area (Å²) in [5.74, 6) is 0. The van der Waals surface area contributed by atoms with E-state index in [9.17, 15) is 4.57 Å².